The van der Waals surface area contributed by atoms with Gasteiger partial charge in [0.25, 0.3) is 0 Å². The second kappa shape index (κ2) is 5.00. The Bertz CT molecular complexity index is 403. The van der Waals surface area contributed by atoms with Gasteiger partial charge in [-0.2, -0.15) is 0 Å². The molecule has 1 aromatic carbocycles. The predicted molar refractivity (Wildman–Crippen MR) is 72.4 cm³/mol. The van der Waals surface area contributed by atoms with Crippen molar-refractivity contribution >= 4 is 0 Å². The summed E-state index contributed by atoms with van der Waals surface area (Å²) in [6, 6.07) is 8.82. The van der Waals surface area contributed by atoms with E-state index < -0.39 is 0 Å². The number of rotatable bonds is 2. The molecule has 0 bridgehead atoms. The van der Waals surface area contributed by atoms with Crippen LogP contribution in [0.25, 0.3) is 0 Å². The molecule has 2 heterocycles. The first-order valence-corrected chi connectivity index (χ1v) is 6.93. The molecular formula is C15H22N2O. The molecule has 0 aromatic heterocycles. The molecule has 1 N–H and O–H groups in total. The summed E-state index contributed by atoms with van der Waals surface area (Å²) in [7, 11) is 0. The van der Waals surface area contributed by atoms with Crippen LogP contribution in [0, 0.1) is 6.92 Å². The summed E-state index contributed by atoms with van der Waals surface area (Å²) in [5.74, 6) is 0. The molecule has 2 aliphatic rings. The van der Waals surface area contributed by atoms with E-state index in [1.54, 1.807) is 0 Å². The molecule has 18 heavy (non-hydrogen) atoms. The van der Waals surface area contributed by atoms with Crippen LogP contribution in [0.3, 0.4) is 0 Å². The van der Waals surface area contributed by atoms with Gasteiger partial charge >= 0.3 is 0 Å². The summed E-state index contributed by atoms with van der Waals surface area (Å²) < 4.78 is 5.86. The number of benzene rings is 1. The van der Waals surface area contributed by atoms with Gasteiger partial charge in [-0.3, -0.25) is 10.2 Å². The zero-order valence-electron chi connectivity index (χ0n) is 11.1. The largest absolute Gasteiger partial charge is 0.359 e. The number of nitrogens with one attached hydrogen (secondary N) is 1. The summed E-state index contributed by atoms with van der Waals surface area (Å²) in [5, 5.41) is 3.52. The number of likely N-dealkylation sites (tertiary alicyclic amines) is 1. The lowest BCUT2D eigenvalue weighted by molar-refractivity contribution is -0.0577. The van der Waals surface area contributed by atoms with E-state index >= 15 is 0 Å². The predicted octanol–water partition coefficient (Wildman–Crippen LogP) is 1.91. The van der Waals surface area contributed by atoms with Gasteiger partial charge in [-0.15, -0.1) is 0 Å². The monoisotopic (exact) mass is 246 g/mol. The number of hydrogen-bond acceptors (Lipinski definition) is 3. The van der Waals surface area contributed by atoms with E-state index in [2.05, 4.69) is 41.4 Å². The fraction of sp³-hybridized carbons (Fsp3) is 0.600. The van der Waals surface area contributed by atoms with Crippen molar-refractivity contribution in [3.05, 3.63) is 35.4 Å². The maximum absolute atomic E-state index is 5.86. The Morgan fingerprint density at radius 2 is 2.17 bits per heavy atom. The van der Waals surface area contributed by atoms with Gasteiger partial charge in [0.15, 0.2) is 0 Å². The Morgan fingerprint density at radius 1 is 1.33 bits per heavy atom. The van der Waals surface area contributed by atoms with Gasteiger partial charge in [0, 0.05) is 39.0 Å². The SMILES string of the molecule is Cc1cccc(CN2CCC3(CC2)NCCO3)c1. The molecule has 3 heteroatoms. The van der Waals surface area contributed by atoms with Gasteiger partial charge in [0.2, 0.25) is 0 Å². The minimum Gasteiger partial charge on any atom is -0.359 e. The summed E-state index contributed by atoms with van der Waals surface area (Å²) in [6.45, 7) is 7.36. The minimum atomic E-state index is 0.00308. The zero-order valence-corrected chi connectivity index (χ0v) is 11.1. The lowest BCUT2D eigenvalue weighted by Crippen LogP contribution is -2.50. The third kappa shape index (κ3) is 2.58. The fourth-order valence-electron chi connectivity index (χ4n) is 3.04. The van der Waals surface area contributed by atoms with Crippen LogP contribution in [0.1, 0.15) is 24.0 Å². The van der Waals surface area contributed by atoms with Gasteiger partial charge in [-0.25, -0.2) is 0 Å². The van der Waals surface area contributed by atoms with Crippen molar-refractivity contribution in [2.24, 2.45) is 0 Å². The van der Waals surface area contributed by atoms with E-state index in [1.165, 1.54) is 11.1 Å². The molecule has 0 amide bonds. The van der Waals surface area contributed by atoms with Crippen LogP contribution in [0.5, 0.6) is 0 Å². The molecule has 0 aliphatic carbocycles. The number of piperidine rings is 1. The Morgan fingerprint density at radius 3 is 2.83 bits per heavy atom. The normalized spacial score (nSPS) is 23.6. The van der Waals surface area contributed by atoms with E-state index in [0.717, 1.165) is 45.6 Å². The van der Waals surface area contributed by atoms with Crippen molar-refractivity contribution in [1.29, 1.82) is 0 Å². The van der Waals surface area contributed by atoms with Crippen LogP contribution >= 0.6 is 0 Å². The van der Waals surface area contributed by atoms with Crippen molar-refractivity contribution in [2.45, 2.75) is 32.0 Å². The highest BCUT2D eigenvalue weighted by Crippen LogP contribution is 2.27. The highest BCUT2D eigenvalue weighted by Gasteiger charge is 2.37. The average Bonchev–Trinajstić information content (AvgIpc) is 2.81. The smallest absolute Gasteiger partial charge is 0.121 e. The molecule has 3 nitrogen and oxygen atoms in total. The van der Waals surface area contributed by atoms with Gasteiger partial charge in [-0.05, 0) is 12.5 Å². The van der Waals surface area contributed by atoms with Gasteiger partial charge < -0.3 is 4.74 Å². The second-order valence-corrected chi connectivity index (χ2v) is 5.53. The maximum Gasteiger partial charge on any atom is 0.121 e. The third-order valence-electron chi connectivity index (χ3n) is 4.08. The maximum atomic E-state index is 5.86. The van der Waals surface area contributed by atoms with Crippen molar-refractivity contribution in [1.82, 2.24) is 10.2 Å². The summed E-state index contributed by atoms with van der Waals surface area (Å²) in [5.41, 5.74) is 2.77. The quantitative estimate of drug-likeness (QED) is 0.862. The minimum absolute atomic E-state index is 0.00308. The fourth-order valence-corrected chi connectivity index (χ4v) is 3.04. The number of aryl methyl sites for hydroxylation is 1. The highest BCUT2D eigenvalue weighted by molar-refractivity contribution is 5.22. The average molecular weight is 246 g/mol. The van der Waals surface area contributed by atoms with Crippen molar-refractivity contribution < 1.29 is 4.74 Å². The van der Waals surface area contributed by atoms with Crippen LogP contribution in [0.15, 0.2) is 24.3 Å². The van der Waals surface area contributed by atoms with Gasteiger partial charge in [0.1, 0.15) is 5.72 Å². The molecule has 2 saturated heterocycles. The first-order valence-electron chi connectivity index (χ1n) is 6.93. The van der Waals surface area contributed by atoms with E-state index in [0.29, 0.717) is 0 Å². The molecule has 0 atom stereocenters. The molecule has 2 fully saturated rings. The molecule has 1 spiro atoms. The number of hydrogen-bond donors (Lipinski definition) is 1. The number of ether oxygens (including phenoxy) is 1. The standard InChI is InChI=1S/C15H22N2O/c1-13-3-2-4-14(11-13)12-17-8-5-15(6-9-17)16-7-10-18-15/h2-4,11,16H,5-10,12H2,1H3. The zero-order chi connectivity index (χ0) is 12.4. The van der Waals surface area contributed by atoms with Crippen LogP contribution in [0.4, 0.5) is 0 Å². The summed E-state index contributed by atoms with van der Waals surface area (Å²) in [4.78, 5) is 2.53. The molecule has 1 aromatic rings. The summed E-state index contributed by atoms with van der Waals surface area (Å²) in [6.07, 6.45) is 2.22. The van der Waals surface area contributed by atoms with Crippen LogP contribution in [0.2, 0.25) is 0 Å². The lowest BCUT2D eigenvalue weighted by atomic mass is 10.00. The molecule has 98 valence electrons. The van der Waals surface area contributed by atoms with Crippen LogP contribution in [-0.2, 0) is 11.3 Å². The summed E-state index contributed by atoms with van der Waals surface area (Å²) >= 11 is 0. The highest BCUT2D eigenvalue weighted by atomic mass is 16.5. The molecule has 2 aliphatic heterocycles. The lowest BCUT2D eigenvalue weighted by Gasteiger charge is -2.38. The van der Waals surface area contributed by atoms with Crippen LogP contribution in [-0.4, -0.2) is 36.9 Å². The molecule has 0 radical (unpaired) electrons. The van der Waals surface area contributed by atoms with E-state index in [9.17, 15) is 0 Å². The Hall–Kier alpha value is -0.900. The van der Waals surface area contributed by atoms with Crippen molar-refractivity contribution in [3.63, 3.8) is 0 Å². The Balaban J connectivity index is 1.57. The molecular weight excluding hydrogens is 224 g/mol. The molecule has 0 saturated carbocycles. The van der Waals surface area contributed by atoms with Gasteiger partial charge in [0.05, 0.1) is 6.61 Å². The van der Waals surface area contributed by atoms with Crippen molar-refractivity contribution in [3.8, 4) is 0 Å². The number of nitrogens with zero attached hydrogens (tertiary/aromatic N) is 1. The Labute approximate surface area is 109 Å². The first-order chi connectivity index (χ1) is 8.76. The van der Waals surface area contributed by atoms with E-state index in [4.69, 9.17) is 4.74 Å². The van der Waals surface area contributed by atoms with E-state index in [-0.39, 0.29) is 5.72 Å². The second-order valence-electron chi connectivity index (χ2n) is 5.53. The topological polar surface area (TPSA) is 24.5 Å². The van der Waals surface area contributed by atoms with Crippen molar-refractivity contribution in [2.75, 3.05) is 26.2 Å². The first kappa shape index (κ1) is 12.2. The third-order valence-corrected chi connectivity index (χ3v) is 4.08. The van der Waals surface area contributed by atoms with Crippen LogP contribution < -0.4 is 5.32 Å². The Kier molecular flexibility index (Phi) is 3.37. The molecule has 0 unspecified atom stereocenters. The van der Waals surface area contributed by atoms with E-state index in [1.807, 2.05) is 0 Å². The van der Waals surface area contributed by atoms with Gasteiger partial charge in [-0.1, -0.05) is 29.8 Å². The molecule has 3 rings (SSSR count).